The number of rotatable bonds is 5. The molecule has 0 bridgehead atoms. The predicted molar refractivity (Wildman–Crippen MR) is 68.3 cm³/mol. The zero-order chi connectivity index (χ0) is 13.4. The average molecular weight is 257 g/mol. The highest BCUT2D eigenvalue weighted by molar-refractivity contribution is 5.95. The predicted octanol–water partition coefficient (Wildman–Crippen LogP) is 0.191. The van der Waals surface area contributed by atoms with Crippen molar-refractivity contribution >= 4 is 11.9 Å². The summed E-state index contributed by atoms with van der Waals surface area (Å²) < 4.78 is 4.79. The second-order valence-electron chi connectivity index (χ2n) is 4.76. The molecule has 0 aromatic heterocycles. The quantitative estimate of drug-likeness (QED) is 0.690. The number of hydrogen-bond acceptors (Lipinski definition) is 4. The lowest BCUT2D eigenvalue weighted by Gasteiger charge is -2.29. The Bertz CT molecular complexity index is 276. The Morgan fingerprint density at radius 3 is 2.61 bits per heavy atom. The fourth-order valence-corrected chi connectivity index (χ4v) is 1.90. The van der Waals surface area contributed by atoms with Gasteiger partial charge >= 0.3 is 6.03 Å². The third-order valence-corrected chi connectivity index (χ3v) is 3.09. The van der Waals surface area contributed by atoms with Crippen LogP contribution in [0.4, 0.5) is 4.79 Å². The van der Waals surface area contributed by atoms with E-state index in [1.807, 2.05) is 0 Å². The van der Waals surface area contributed by atoms with Crippen LogP contribution in [0.5, 0.6) is 0 Å². The largest absolute Gasteiger partial charge is 0.383 e. The average Bonchev–Trinajstić information content (AvgIpc) is 2.32. The minimum atomic E-state index is -0.456. The van der Waals surface area contributed by atoms with E-state index in [2.05, 4.69) is 22.5 Å². The number of carbonyl (C=O) groups is 2. The molecule has 1 aliphatic rings. The van der Waals surface area contributed by atoms with Crippen molar-refractivity contribution in [1.82, 2.24) is 15.5 Å². The number of piperidine rings is 1. The topological polar surface area (TPSA) is 70.7 Å². The number of methoxy groups -OCH3 is 1. The van der Waals surface area contributed by atoms with Crippen LogP contribution in [0.1, 0.15) is 19.8 Å². The summed E-state index contributed by atoms with van der Waals surface area (Å²) in [5.74, 6) is 0.487. The summed E-state index contributed by atoms with van der Waals surface area (Å²) >= 11 is 0. The van der Waals surface area contributed by atoms with E-state index in [0.717, 1.165) is 31.8 Å². The van der Waals surface area contributed by atoms with Crippen LogP contribution in [0.25, 0.3) is 0 Å². The normalized spacial score (nSPS) is 17.4. The van der Waals surface area contributed by atoms with Crippen molar-refractivity contribution in [2.24, 2.45) is 5.92 Å². The van der Waals surface area contributed by atoms with Gasteiger partial charge in [-0.25, -0.2) is 4.79 Å². The van der Waals surface area contributed by atoms with Gasteiger partial charge in [-0.05, 0) is 31.8 Å². The van der Waals surface area contributed by atoms with Crippen LogP contribution in [-0.4, -0.2) is 56.7 Å². The number of imide groups is 1. The molecule has 1 fully saturated rings. The molecule has 6 heteroatoms. The van der Waals surface area contributed by atoms with Crippen LogP contribution in [-0.2, 0) is 9.53 Å². The number of amides is 3. The second-order valence-corrected chi connectivity index (χ2v) is 4.76. The molecule has 0 radical (unpaired) electrons. The molecule has 0 aromatic carbocycles. The molecule has 6 nitrogen and oxygen atoms in total. The fraction of sp³-hybridized carbons (Fsp3) is 0.833. The number of nitrogens with one attached hydrogen (secondary N) is 2. The Labute approximate surface area is 108 Å². The number of hydrogen-bond donors (Lipinski definition) is 2. The number of nitrogens with zero attached hydrogens (tertiary/aromatic N) is 1. The molecule has 0 spiro atoms. The van der Waals surface area contributed by atoms with Gasteiger partial charge < -0.3 is 10.1 Å². The minimum absolute atomic E-state index is 0.250. The lowest BCUT2D eigenvalue weighted by Crippen LogP contribution is -2.46. The number of ether oxygens (including phenoxy) is 1. The molecule has 1 aliphatic heterocycles. The molecule has 3 amide bonds. The smallest absolute Gasteiger partial charge is 0.321 e. The number of likely N-dealkylation sites (tertiary alicyclic amines) is 1. The highest BCUT2D eigenvalue weighted by Crippen LogP contribution is 2.15. The van der Waals surface area contributed by atoms with E-state index >= 15 is 0 Å². The molecule has 0 aliphatic carbocycles. The van der Waals surface area contributed by atoms with E-state index in [0.29, 0.717) is 19.7 Å². The molecule has 0 saturated carbocycles. The molecular weight excluding hydrogens is 234 g/mol. The van der Waals surface area contributed by atoms with Crippen molar-refractivity contribution in [3.63, 3.8) is 0 Å². The standard InChI is InChI=1S/C12H23N3O3/c1-10-3-6-15(7-4-10)9-11(16)14-12(17)13-5-8-18-2/h10H,3-9H2,1-2H3,(H2,13,14,16,17). The molecule has 1 saturated heterocycles. The summed E-state index contributed by atoms with van der Waals surface area (Å²) in [5, 5.41) is 4.86. The zero-order valence-corrected chi connectivity index (χ0v) is 11.2. The van der Waals surface area contributed by atoms with Gasteiger partial charge in [0.05, 0.1) is 13.2 Å². The summed E-state index contributed by atoms with van der Waals surface area (Å²) in [6.45, 7) is 5.22. The van der Waals surface area contributed by atoms with Crippen molar-refractivity contribution in [2.75, 3.05) is 39.9 Å². The van der Waals surface area contributed by atoms with Gasteiger partial charge in [0.1, 0.15) is 0 Å². The Hall–Kier alpha value is -1.14. The van der Waals surface area contributed by atoms with Gasteiger partial charge in [-0.3, -0.25) is 15.0 Å². The van der Waals surface area contributed by atoms with Gasteiger partial charge in [-0.15, -0.1) is 0 Å². The third-order valence-electron chi connectivity index (χ3n) is 3.09. The van der Waals surface area contributed by atoms with Crippen LogP contribution < -0.4 is 10.6 Å². The van der Waals surface area contributed by atoms with Gasteiger partial charge in [0.2, 0.25) is 5.91 Å². The van der Waals surface area contributed by atoms with Gasteiger partial charge in [0.25, 0.3) is 0 Å². The maximum Gasteiger partial charge on any atom is 0.321 e. The Morgan fingerprint density at radius 1 is 1.33 bits per heavy atom. The van der Waals surface area contributed by atoms with E-state index in [1.165, 1.54) is 0 Å². The van der Waals surface area contributed by atoms with Crippen molar-refractivity contribution in [3.8, 4) is 0 Å². The molecule has 0 aromatic rings. The van der Waals surface area contributed by atoms with Crippen LogP contribution in [0.2, 0.25) is 0 Å². The zero-order valence-electron chi connectivity index (χ0n) is 11.2. The number of urea groups is 1. The Balaban J connectivity index is 2.14. The first-order valence-corrected chi connectivity index (χ1v) is 6.40. The summed E-state index contributed by atoms with van der Waals surface area (Å²) in [6.07, 6.45) is 2.24. The summed E-state index contributed by atoms with van der Waals surface area (Å²) in [6, 6.07) is -0.456. The van der Waals surface area contributed by atoms with Crippen LogP contribution in [0.15, 0.2) is 0 Å². The molecule has 1 rings (SSSR count). The van der Waals surface area contributed by atoms with Crippen LogP contribution in [0.3, 0.4) is 0 Å². The maximum absolute atomic E-state index is 11.6. The summed E-state index contributed by atoms with van der Waals surface area (Å²) in [7, 11) is 1.56. The lowest BCUT2D eigenvalue weighted by atomic mass is 9.99. The Kier molecular flexibility index (Phi) is 6.67. The summed E-state index contributed by atoms with van der Waals surface area (Å²) in [4.78, 5) is 25.0. The minimum Gasteiger partial charge on any atom is -0.383 e. The van der Waals surface area contributed by atoms with E-state index < -0.39 is 6.03 Å². The molecule has 1 heterocycles. The monoisotopic (exact) mass is 257 g/mol. The van der Waals surface area contributed by atoms with E-state index in [9.17, 15) is 9.59 Å². The molecule has 2 N–H and O–H groups in total. The first kappa shape index (κ1) is 14.9. The van der Waals surface area contributed by atoms with Gasteiger partial charge in [-0.2, -0.15) is 0 Å². The van der Waals surface area contributed by atoms with E-state index in [-0.39, 0.29) is 5.91 Å². The van der Waals surface area contributed by atoms with Crippen molar-refractivity contribution in [1.29, 1.82) is 0 Å². The highest BCUT2D eigenvalue weighted by Gasteiger charge is 2.18. The molecule has 0 atom stereocenters. The van der Waals surface area contributed by atoms with Gasteiger partial charge in [0, 0.05) is 13.7 Å². The molecular formula is C12H23N3O3. The van der Waals surface area contributed by atoms with Crippen LogP contribution in [0, 0.1) is 5.92 Å². The molecule has 18 heavy (non-hydrogen) atoms. The van der Waals surface area contributed by atoms with Crippen molar-refractivity contribution in [3.05, 3.63) is 0 Å². The SMILES string of the molecule is COCCNC(=O)NC(=O)CN1CCC(C)CC1. The lowest BCUT2D eigenvalue weighted by molar-refractivity contribution is -0.121. The first-order valence-electron chi connectivity index (χ1n) is 6.40. The Morgan fingerprint density at radius 2 is 2.00 bits per heavy atom. The van der Waals surface area contributed by atoms with Gasteiger partial charge in [0.15, 0.2) is 0 Å². The fourth-order valence-electron chi connectivity index (χ4n) is 1.90. The van der Waals surface area contributed by atoms with Crippen molar-refractivity contribution < 1.29 is 14.3 Å². The first-order chi connectivity index (χ1) is 8.61. The van der Waals surface area contributed by atoms with Crippen LogP contribution >= 0.6 is 0 Å². The number of carbonyl (C=O) groups excluding carboxylic acids is 2. The molecule has 0 unspecified atom stereocenters. The van der Waals surface area contributed by atoms with E-state index in [4.69, 9.17) is 4.74 Å². The van der Waals surface area contributed by atoms with E-state index in [1.54, 1.807) is 7.11 Å². The highest BCUT2D eigenvalue weighted by atomic mass is 16.5. The second kappa shape index (κ2) is 8.05. The third kappa shape index (κ3) is 5.97. The van der Waals surface area contributed by atoms with Gasteiger partial charge in [-0.1, -0.05) is 6.92 Å². The maximum atomic E-state index is 11.6. The molecule has 104 valence electrons. The summed E-state index contributed by atoms with van der Waals surface area (Å²) in [5.41, 5.74) is 0. The van der Waals surface area contributed by atoms with Crippen molar-refractivity contribution in [2.45, 2.75) is 19.8 Å².